The van der Waals surface area contributed by atoms with Gasteiger partial charge in [-0.05, 0) is 37.8 Å². The van der Waals surface area contributed by atoms with E-state index in [1.807, 2.05) is 32.2 Å². The van der Waals surface area contributed by atoms with Crippen molar-refractivity contribution in [2.75, 3.05) is 20.2 Å². The van der Waals surface area contributed by atoms with E-state index in [2.05, 4.69) is 11.8 Å². The third kappa shape index (κ3) is 3.40. The van der Waals surface area contributed by atoms with Gasteiger partial charge >= 0.3 is 0 Å². The second-order valence-corrected chi connectivity index (χ2v) is 5.49. The molecule has 1 fully saturated rings. The molecule has 106 valence electrons. The minimum absolute atomic E-state index is 0.0165. The highest BCUT2D eigenvalue weighted by Crippen LogP contribution is 2.27. The lowest BCUT2D eigenvalue weighted by Crippen LogP contribution is -2.34. The van der Waals surface area contributed by atoms with E-state index in [1.54, 1.807) is 4.90 Å². The number of benzene rings is 1. The molecule has 3 heteroatoms. The summed E-state index contributed by atoms with van der Waals surface area (Å²) in [5.74, 6) is 6.15. The summed E-state index contributed by atoms with van der Waals surface area (Å²) in [6.45, 7) is 2.59. The summed E-state index contributed by atoms with van der Waals surface area (Å²) < 4.78 is 0. The van der Waals surface area contributed by atoms with Crippen LogP contribution in [0.5, 0.6) is 0 Å². The Kier molecular flexibility index (Phi) is 4.81. The molecule has 3 nitrogen and oxygen atoms in total. The van der Waals surface area contributed by atoms with E-state index < -0.39 is 0 Å². The molecular weight excluding hydrogens is 250 g/mol. The van der Waals surface area contributed by atoms with Crippen LogP contribution < -0.4 is 0 Å². The highest BCUT2D eigenvalue weighted by Gasteiger charge is 2.23. The van der Waals surface area contributed by atoms with E-state index >= 15 is 0 Å². The zero-order valence-electron chi connectivity index (χ0n) is 12.1. The number of carbonyl (C=O) groups excluding carboxylic acids is 1. The lowest BCUT2D eigenvalue weighted by atomic mass is 9.85. The van der Waals surface area contributed by atoms with Crippen LogP contribution in [0.3, 0.4) is 0 Å². The molecule has 1 amide bonds. The first-order valence-corrected chi connectivity index (χ1v) is 7.07. The average molecular weight is 271 g/mol. The van der Waals surface area contributed by atoms with Crippen molar-refractivity contribution in [2.24, 2.45) is 5.92 Å². The lowest BCUT2D eigenvalue weighted by molar-refractivity contribution is 0.0745. The quantitative estimate of drug-likeness (QED) is 0.856. The Balaban J connectivity index is 2.20. The van der Waals surface area contributed by atoms with Crippen LogP contribution in [0.1, 0.15) is 40.7 Å². The third-order valence-corrected chi connectivity index (χ3v) is 3.81. The van der Waals surface area contributed by atoms with Crippen molar-refractivity contribution in [1.29, 1.82) is 0 Å². The van der Waals surface area contributed by atoms with Gasteiger partial charge in [-0.25, -0.2) is 0 Å². The first-order valence-electron chi connectivity index (χ1n) is 7.07. The molecule has 0 aromatic heterocycles. The van der Waals surface area contributed by atoms with Gasteiger partial charge in [-0.3, -0.25) is 4.79 Å². The predicted molar refractivity (Wildman–Crippen MR) is 79.4 cm³/mol. The monoisotopic (exact) mass is 271 g/mol. The van der Waals surface area contributed by atoms with Gasteiger partial charge in [0.25, 0.3) is 5.91 Å². The number of hydrogen-bond acceptors (Lipinski definition) is 2. The molecular formula is C17H21NO2. The fourth-order valence-corrected chi connectivity index (χ4v) is 2.43. The van der Waals surface area contributed by atoms with Crippen molar-refractivity contribution in [1.82, 2.24) is 4.90 Å². The van der Waals surface area contributed by atoms with Gasteiger partial charge in [-0.2, -0.15) is 0 Å². The van der Waals surface area contributed by atoms with Crippen LogP contribution in [0.2, 0.25) is 0 Å². The van der Waals surface area contributed by atoms with Gasteiger partial charge in [0, 0.05) is 19.2 Å². The summed E-state index contributed by atoms with van der Waals surface area (Å²) >= 11 is 0. The molecule has 1 aliphatic rings. The van der Waals surface area contributed by atoms with Crippen molar-refractivity contribution in [2.45, 2.75) is 26.2 Å². The van der Waals surface area contributed by atoms with E-state index in [9.17, 15) is 4.79 Å². The Morgan fingerprint density at radius 3 is 2.80 bits per heavy atom. The summed E-state index contributed by atoms with van der Waals surface area (Å²) in [5, 5.41) is 8.81. The Bertz CT molecular complexity index is 550. The number of hydrogen-bond donors (Lipinski definition) is 1. The minimum atomic E-state index is -0.195. The zero-order chi connectivity index (χ0) is 14.5. The third-order valence-electron chi connectivity index (χ3n) is 3.81. The molecule has 0 unspecified atom stereocenters. The van der Waals surface area contributed by atoms with Crippen LogP contribution in [0, 0.1) is 24.7 Å². The largest absolute Gasteiger partial charge is 0.384 e. The maximum absolute atomic E-state index is 12.6. The highest BCUT2D eigenvalue weighted by molar-refractivity contribution is 5.96. The van der Waals surface area contributed by atoms with E-state index in [-0.39, 0.29) is 12.5 Å². The number of carbonyl (C=O) groups is 1. The van der Waals surface area contributed by atoms with Crippen LogP contribution in [0.15, 0.2) is 18.2 Å². The normalized spacial score (nSPS) is 14.2. The molecule has 2 rings (SSSR count). The minimum Gasteiger partial charge on any atom is -0.384 e. The second-order valence-electron chi connectivity index (χ2n) is 5.49. The summed E-state index contributed by atoms with van der Waals surface area (Å²) in [6.07, 6.45) is 3.73. The molecule has 0 aliphatic heterocycles. The van der Waals surface area contributed by atoms with Gasteiger partial charge in [0.15, 0.2) is 0 Å². The van der Waals surface area contributed by atoms with Crippen LogP contribution >= 0.6 is 0 Å². The molecule has 1 aromatic carbocycles. The maximum atomic E-state index is 12.6. The molecule has 0 bridgehead atoms. The SMILES string of the molecule is Cc1ccc(C#CCO)c(C(=O)N(C)CC2CCC2)c1. The highest BCUT2D eigenvalue weighted by atomic mass is 16.2. The Morgan fingerprint density at radius 2 is 2.20 bits per heavy atom. The smallest absolute Gasteiger partial charge is 0.254 e. The lowest BCUT2D eigenvalue weighted by Gasteiger charge is -2.30. The van der Waals surface area contributed by atoms with Crippen molar-refractivity contribution >= 4 is 5.91 Å². The first-order chi connectivity index (χ1) is 9.61. The van der Waals surface area contributed by atoms with Gasteiger partial charge in [0.1, 0.15) is 6.61 Å². The van der Waals surface area contributed by atoms with Crippen LogP contribution in [0.25, 0.3) is 0 Å². The number of nitrogens with zero attached hydrogens (tertiary/aromatic N) is 1. The Labute approximate surface area is 120 Å². The molecule has 1 saturated carbocycles. The van der Waals surface area contributed by atoms with Crippen molar-refractivity contribution < 1.29 is 9.90 Å². The molecule has 0 spiro atoms. The standard InChI is InChI=1S/C17H21NO2/c1-13-8-9-15(7-4-10-19)16(11-13)17(20)18(2)12-14-5-3-6-14/h8-9,11,14,19H,3,5-6,10,12H2,1-2H3. The van der Waals surface area contributed by atoms with Gasteiger partial charge in [0.2, 0.25) is 0 Å². The van der Waals surface area contributed by atoms with E-state index in [4.69, 9.17) is 5.11 Å². The van der Waals surface area contributed by atoms with Crippen LogP contribution in [-0.4, -0.2) is 36.1 Å². The van der Waals surface area contributed by atoms with Crippen molar-refractivity contribution in [3.63, 3.8) is 0 Å². The summed E-state index contributed by atoms with van der Waals surface area (Å²) in [4.78, 5) is 14.3. The zero-order valence-corrected chi connectivity index (χ0v) is 12.1. The van der Waals surface area contributed by atoms with E-state index in [1.165, 1.54) is 19.3 Å². The molecule has 1 aromatic rings. The van der Waals surface area contributed by atoms with Gasteiger partial charge in [-0.1, -0.05) is 29.9 Å². The second kappa shape index (κ2) is 6.58. The van der Waals surface area contributed by atoms with Crippen molar-refractivity contribution in [3.8, 4) is 11.8 Å². The number of aliphatic hydroxyl groups is 1. The molecule has 0 heterocycles. The average Bonchev–Trinajstić information content (AvgIpc) is 2.40. The van der Waals surface area contributed by atoms with Crippen LogP contribution in [-0.2, 0) is 0 Å². The summed E-state index contributed by atoms with van der Waals surface area (Å²) in [6, 6.07) is 5.66. The van der Waals surface area contributed by atoms with Gasteiger partial charge < -0.3 is 10.0 Å². The number of aryl methyl sites for hydroxylation is 1. The molecule has 0 saturated heterocycles. The Morgan fingerprint density at radius 1 is 1.45 bits per heavy atom. The first kappa shape index (κ1) is 14.6. The molecule has 1 aliphatic carbocycles. The predicted octanol–water partition coefficient (Wildman–Crippen LogP) is 2.21. The maximum Gasteiger partial charge on any atom is 0.254 e. The number of aliphatic hydroxyl groups excluding tert-OH is 1. The summed E-state index contributed by atoms with van der Waals surface area (Å²) in [5.41, 5.74) is 2.36. The number of rotatable bonds is 3. The van der Waals surface area contributed by atoms with Gasteiger partial charge in [0.05, 0.1) is 5.56 Å². The Hall–Kier alpha value is -1.79. The van der Waals surface area contributed by atoms with Crippen LogP contribution in [0.4, 0.5) is 0 Å². The van der Waals surface area contributed by atoms with E-state index in [0.717, 1.165) is 12.1 Å². The molecule has 20 heavy (non-hydrogen) atoms. The van der Waals surface area contributed by atoms with Gasteiger partial charge in [-0.15, -0.1) is 0 Å². The fourth-order valence-electron chi connectivity index (χ4n) is 2.43. The molecule has 1 N–H and O–H groups in total. The number of amides is 1. The fraction of sp³-hybridized carbons (Fsp3) is 0.471. The van der Waals surface area contributed by atoms with Crippen molar-refractivity contribution in [3.05, 3.63) is 34.9 Å². The molecule has 0 atom stereocenters. The summed E-state index contributed by atoms with van der Waals surface area (Å²) in [7, 11) is 1.85. The van der Waals surface area contributed by atoms with E-state index in [0.29, 0.717) is 17.0 Å². The molecule has 0 radical (unpaired) electrons. The topological polar surface area (TPSA) is 40.5 Å².